The van der Waals surface area contributed by atoms with Gasteiger partial charge >= 0.3 is 0 Å². The third-order valence-corrected chi connectivity index (χ3v) is 9.54. The lowest BCUT2D eigenvalue weighted by molar-refractivity contribution is -0.384. The molecular formula is C25H22IN2O2P. The minimum atomic E-state index is -2.24. The molecule has 31 heavy (non-hydrogen) atoms. The van der Waals surface area contributed by atoms with Crippen molar-refractivity contribution < 1.29 is 28.9 Å². The molecule has 0 amide bonds. The van der Waals surface area contributed by atoms with Gasteiger partial charge in [0.2, 0.25) is 7.41 Å². The van der Waals surface area contributed by atoms with Gasteiger partial charge in [-0.2, -0.15) is 0 Å². The van der Waals surface area contributed by atoms with Crippen molar-refractivity contribution in [3.8, 4) is 0 Å². The maximum Gasteiger partial charge on any atom is 0.269 e. The molecule has 0 spiro atoms. The molecular weight excluding hydrogens is 518 g/mol. The molecule has 0 unspecified atom stereocenters. The number of non-ortho nitro benzene ring substituents is 1. The summed E-state index contributed by atoms with van der Waals surface area (Å²) in [5, 5.41) is 14.8. The van der Waals surface area contributed by atoms with Gasteiger partial charge in [-0.05, 0) is 48.5 Å². The van der Waals surface area contributed by atoms with E-state index in [1.807, 2.05) is 30.3 Å². The fourth-order valence-corrected chi connectivity index (χ4v) is 8.09. The summed E-state index contributed by atoms with van der Waals surface area (Å²) in [5.41, 5.74) is 1.03. The summed E-state index contributed by atoms with van der Waals surface area (Å²) in [4.78, 5) is 10.8. The molecule has 0 aliphatic rings. The topological polar surface area (TPSA) is 46.4 Å². The van der Waals surface area contributed by atoms with Gasteiger partial charge in [-0.15, -0.1) is 0 Å². The molecule has 0 radical (unpaired) electrons. The Labute approximate surface area is 200 Å². The average Bonchev–Trinajstić information content (AvgIpc) is 2.82. The van der Waals surface area contributed by atoms with Gasteiger partial charge < -0.3 is 24.0 Å². The van der Waals surface area contributed by atoms with Gasteiger partial charge in [0.05, 0.1) is 10.6 Å². The summed E-state index contributed by atoms with van der Waals surface area (Å²) in [6.45, 7) is 0. The standard InChI is InChI=1S/C25H22N2O2P.HI/c1-26(21-17-19-22(20-18-21)27(28)29)30(23-11-5-2-6-12-23,24-13-7-3-8-14-24)25-15-9-4-10-16-25;/h2-20H,1H3;1H/q+1;/p-1. The van der Waals surface area contributed by atoms with Crippen LogP contribution in [0, 0.1) is 10.1 Å². The molecule has 4 rings (SSSR count). The number of hydrogen-bond donors (Lipinski definition) is 0. The molecule has 156 valence electrons. The highest BCUT2D eigenvalue weighted by molar-refractivity contribution is 7.96. The molecule has 0 heterocycles. The summed E-state index contributed by atoms with van der Waals surface area (Å²) in [5.74, 6) is 0. The van der Waals surface area contributed by atoms with E-state index in [1.54, 1.807) is 12.1 Å². The van der Waals surface area contributed by atoms with Crippen molar-refractivity contribution in [3.63, 3.8) is 0 Å². The van der Waals surface area contributed by atoms with Crippen molar-refractivity contribution >= 4 is 34.7 Å². The number of benzene rings is 4. The number of hydrogen-bond acceptors (Lipinski definition) is 3. The number of nitrogens with zero attached hydrogens (tertiary/aromatic N) is 2. The van der Waals surface area contributed by atoms with E-state index in [0.717, 1.165) is 5.69 Å². The van der Waals surface area contributed by atoms with Crippen LogP contribution in [0.3, 0.4) is 0 Å². The zero-order valence-corrected chi connectivity index (χ0v) is 20.1. The summed E-state index contributed by atoms with van der Waals surface area (Å²) < 4.78 is 2.30. The maximum atomic E-state index is 11.1. The molecule has 0 aliphatic heterocycles. The van der Waals surface area contributed by atoms with Crippen molar-refractivity contribution in [2.75, 3.05) is 11.7 Å². The first-order chi connectivity index (χ1) is 14.6. The molecule has 4 nitrogen and oxygen atoms in total. The minimum Gasteiger partial charge on any atom is -1.00 e. The fraction of sp³-hybridized carbons (Fsp3) is 0.0400. The molecule has 0 aromatic heterocycles. The third-order valence-electron chi connectivity index (χ3n) is 5.27. The summed E-state index contributed by atoms with van der Waals surface area (Å²) >= 11 is 0. The van der Waals surface area contributed by atoms with E-state index in [0.29, 0.717) is 0 Å². The van der Waals surface area contributed by atoms with Crippen LogP contribution >= 0.6 is 7.41 Å². The Balaban J connectivity index is 0.00000272. The lowest BCUT2D eigenvalue weighted by Crippen LogP contribution is -3.00. The van der Waals surface area contributed by atoms with Gasteiger partial charge in [-0.1, -0.05) is 54.6 Å². The van der Waals surface area contributed by atoms with Crippen LogP contribution < -0.4 is 44.6 Å². The predicted octanol–water partition coefficient (Wildman–Crippen LogP) is 1.94. The average molecular weight is 540 g/mol. The second kappa shape index (κ2) is 10.0. The van der Waals surface area contributed by atoms with Crippen LogP contribution in [0.15, 0.2) is 115 Å². The SMILES string of the molecule is CN(c1ccc([N+](=O)[O-])cc1)[P+](c1ccccc1)(c1ccccc1)c1ccccc1.[I-]. The van der Waals surface area contributed by atoms with Crippen molar-refractivity contribution in [1.29, 1.82) is 0 Å². The fourth-order valence-electron chi connectivity index (χ4n) is 3.86. The molecule has 0 fully saturated rings. The van der Waals surface area contributed by atoms with Crippen molar-refractivity contribution in [2.45, 2.75) is 0 Å². The number of anilines is 1. The largest absolute Gasteiger partial charge is 1.00 e. The number of halogens is 1. The van der Waals surface area contributed by atoms with Gasteiger partial charge in [0.25, 0.3) is 5.69 Å². The zero-order valence-electron chi connectivity index (χ0n) is 17.0. The Morgan fingerprint density at radius 2 is 1.00 bits per heavy atom. The van der Waals surface area contributed by atoms with Gasteiger partial charge in [0.15, 0.2) is 0 Å². The molecule has 0 saturated heterocycles. The first-order valence-corrected chi connectivity index (χ1v) is 11.4. The zero-order chi connectivity index (χ0) is 21.0. The first-order valence-electron chi connectivity index (χ1n) is 9.68. The molecule has 0 N–H and O–H groups in total. The third kappa shape index (κ3) is 4.34. The van der Waals surface area contributed by atoms with E-state index in [1.165, 1.54) is 15.9 Å². The minimum absolute atomic E-state index is 0. The van der Waals surface area contributed by atoms with Crippen molar-refractivity contribution in [1.82, 2.24) is 0 Å². The van der Waals surface area contributed by atoms with E-state index in [-0.39, 0.29) is 34.6 Å². The number of nitro benzene ring substituents is 1. The van der Waals surface area contributed by atoms with E-state index < -0.39 is 7.41 Å². The van der Waals surface area contributed by atoms with Crippen LogP contribution in [0.1, 0.15) is 0 Å². The van der Waals surface area contributed by atoms with Crippen LogP contribution in [0.2, 0.25) is 0 Å². The lowest BCUT2D eigenvalue weighted by atomic mass is 10.3. The Morgan fingerprint density at radius 3 is 1.32 bits per heavy atom. The summed E-state index contributed by atoms with van der Waals surface area (Å²) in [6.07, 6.45) is 0. The highest BCUT2D eigenvalue weighted by Gasteiger charge is 2.50. The normalized spacial score (nSPS) is 10.7. The first kappa shape index (κ1) is 22.9. The molecule has 0 aliphatic carbocycles. The Morgan fingerprint density at radius 1 is 0.645 bits per heavy atom. The molecule has 0 atom stereocenters. The van der Waals surface area contributed by atoms with Crippen molar-refractivity contribution in [3.05, 3.63) is 125 Å². The molecule has 0 saturated carbocycles. The van der Waals surface area contributed by atoms with E-state index in [4.69, 9.17) is 0 Å². The summed E-state index contributed by atoms with van der Waals surface area (Å²) in [7, 11) is -0.156. The van der Waals surface area contributed by atoms with Gasteiger partial charge in [-0.25, -0.2) is 4.67 Å². The summed E-state index contributed by atoms with van der Waals surface area (Å²) in [6, 6.07) is 38.4. The quantitative estimate of drug-likeness (QED) is 0.163. The molecule has 6 heteroatoms. The highest BCUT2D eigenvalue weighted by Crippen LogP contribution is 2.59. The van der Waals surface area contributed by atoms with Crippen LogP contribution in [-0.4, -0.2) is 12.0 Å². The van der Waals surface area contributed by atoms with Crippen LogP contribution in [0.4, 0.5) is 11.4 Å². The number of rotatable bonds is 6. The molecule has 0 bridgehead atoms. The monoisotopic (exact) mass is 540 g/mol. The Kier molecular flexibility index (Phi) is 7.42. The second-order valence-corrected chi connectivity index (χ2v) is 10.4. The predicted molar refractivity (Wildman–Crippen MR) is 127 cm³/mol. The van der Waals surface area contributed by atoms with Gasteiger partial charge in [0, 0.05) is 19.2 Å². The van der Waals surface area contributed by atoms with Crippen molar-refractivity contribution in [2.24, 2.45) is 0 Å². The van der Waals surface area contributed by atoms with Gasteiger partial charge in [0.1, 0.15) is 15.9 Å². The van der Waals surface area contributed by atoms with Crippen LogP contribution in [0.5, 0.6) is 0 Å². The van der Waals surface area contributed by atoms with Crippen LogP contribution in [-0.2, 0) is 0 Å². The number of nitro groups is 1. The lowest BCUT2D eigenvalue weighted by Gasteiger charge is -2.35. The highest BCUT2D eigenvalue weighted by atomic mass is 127. The molecule has 4 aromatic rings. The Hall–Kier alpha value is -2.76. The smallest absolute Gasteiger partial charge is 0.269 e. The maximum absolute atomic E-state index is 11.1. The van der Waals surface area contributed by atoms with E-state index in [2.05, 4.69) is 84.5 Å². The second-order valence-electron chi connectivity index (χ2n) is 6.94. The van der Waals surface area contributed by atoms with E-state index in [9.17, 15) is 10.1 Å². The van der Waals surface area contributed by atoms with Gasteiger partial charge in [-0.3, -0.25) is 10.1 Å². The Bertz CT molecular complexity index is 1030. The van der Waals surface area contributed by atoms with E-state index >= 15 is 0 Å². The van der Waals surface area contributed by atoms with Crippen LogP contribution in [0.25, 0.3) is 0 Å². The molecule has 4 aromatic carbocycles.